The van der Waals surface area contributed by atoms with Gasteiger partial charge in [0.05, 0.1) is 30.3 Å². The van der Waals surface area contributed by atoms with Crippen LogP contribution in [0.4, 0.5) is 8.78 Å². The van der Waals surface area contributed by atoms with Crippen LogP contribution in [0.25, 0.3) is 0 Å². The zero-order valence-electron chi connectivity index (χ0n) is 21.8. The van der Waals surface area contributed by atoms with E-state index in [1.165, 1.54) is 24.7 Å². The number of ether oxygens (including phenoxy) is 1. The minimum absolute atomic E-state index is 0.00941. The summed E-state index contributed by atoms with van der Waals surface area (Å²) >= 11 is 0. The van der Waals surface area contributed by atoms with Crippen molar-refractivity contribution in [3.05, 3.63) is 95.1 Å². The highest BCUT2D eigenvalue weighted by atomic mass is 19.1. The second-order valence-electron chi connectivity index (χ2n) is 8.51. The van der Waals surface area contributed by atoms with Crippen LogP contribution in [-0.2, 0) is 4.74 Å². The molecule has 0 saturated carbocycles. The van der Waals surface area contributed by atoms with Crippen molar-refractivity contribution in [1.29, 1.82) is 0 Å². The number of rotatable bonds is 10. The minimum Gasteiger partial charge on any atom is -0.403 e. The Balaban J connectivity index is 2.53. The average Bonchev–Trinajstić information content (AvgIpc) is 2.88. The Labute approximate surface area is 217 Å². The summed E-state index contributed by atoms with van der Waals surface area (Å²) in [5.41, 5.74) is 7.48. The van der Waals surface area contributed by atoms with Crippen LogP contribution >= 0.6 is 0 Å². The second kappa shape index (κ2) is 14.8. The average molecular weight is 512 g/mol. The highest BCUT2D eigenvalue weighted by Crippen LogP contribution is 2.30. The molecule has 1 atom stereocenters. The number of hydrogen-bond acceptors (Lipinski definition) is 6. The van der Waals surface area contributed by atoms with Gasteiger partial charge in [-0.1, -0.05) is 18.2 Å². The molecule has 0 spiro atoms. The van der Waals surface area contributed by atoms with Crippen molar-refractivity contribution in [2.24, 2.45) is 20.7 Å². The van der Waals surface area contributed by atoms with E-state index >= 15 is 4.39 Å². The Hall–Kier alpha value is -3.69. The lowest BCUT2D eigenvalue weighted by Gasteiger charge is -2.24. The summed E-state index contributed by atoms with van der Waals surface area (Å²) in [6, 6.07) is 1.97. The van der Waals surface area contributed by atoms with Gasteiger partial charge in [0.2, 0.25) is 0 Å². The van der Waals surface area contributed by atoms with Gasteiger partial charge in [-0.15, -0.1) is 0 Å². The van der Waals surface area contributed by atoms with E-state index in [9.17, 15) is 9.50 Å². The zero-order chi connectivity index (χ0) is 27.4. The molecule has 0 aliphatic carbocycles. The molecule has 0 aromatic heterocycles. The Morgan fingerprint density at radius 3 is 2.46 bits per heavy atom. The second-order valence-corrected chi connectivity index (χ2v) is 8.51. The summed E-state index contributed by atoms with van der Waals surface area (Å²) in [6.45, 7) is 13.4. The molecule has 7 nitrogen and oxygen atoms in total. The molecule has 1 aromatic rings. The number of morpholine rings is 1. The van der Waals surface area contributed by atoms with Crippen molar-refractivity contribution in [1.82, 2.24) is 4.90 Å². The van der Waals surface area contributed by atoms with Crippen LogP contribution in [0.1, 0.15) is 44.9 Å². The maximum atomic E-state index is 15.0. The number of aliphatic imine (C=N–C) groups is 3. The van der Waals surface area contributed by atoms with Gasteiger partial charge in [0.15, 0.2) is 0 Å². The molecule has 1 heterocycles. The summed E-state index contributed by atoms with van der Waals surface area (Å²) in [5, 5.41) is 11.0. The predicted molar refractivity (Wildman–Crippen MR) is 147 cm³/mol. The third kappa shape index (κ3) is 9.04. The van der Waals surface area contributed by atoms with Crippen molar-refractivity contribution >= 4 is 17.8 Å². The molecular weight excluding hydrogens is 476 g/mol. The maximum absolute atomic E-state index is 15.0. The van der Waals surface area contributed by atoms with E-state index in [-0.39, 0.29) is 22.5 Å². The van der Waals surface area contributed by atoms with Gasteiger partial charge in [-0.3, -0.25) is 4.99 Å². The normalized spacial score (nSPS) is 16.7. The summed E-state index contributed by atoms with van der Waals surface area (Å²) in [5.74, 6) is -1.73. The number of hydrogen-bond donors (Lipinski definition) is 2. The molecule has 0 radical (unpaired) electrons. The summed E-state index contributed by atoms with van der Waals surface area (Å²) in [7, 11) is 0. The molecule has 9 heteroatoms. The molecule has 1 unspecified atom stereocenters. The summed E-state index contributed by atoms with van der Waals surface area (Å²) in [6.07, 6.45) is 9.64. The lowest BCUT2D eigenvalue weighted by atomic mass is 9.98. The first-order valence-electron chi connectivity index (χ1n) is 11.9. The van der Waals surface area contributed by atoms with Gasteiger partial charge < -0.3 is 20.5 Å². The Morgan fingerprint density at radius 1 is 1.14 bits per heavy atom. The van der Waals surface area contributed by atoms with Crippen LogP contribution in [0.5, 0.6) is 0 Å². The molecule has 37 heavy (non-hydrogen) atoms. The van der Waals surface area contributed by atoms with E-state index in [0.717, 1.165) is 19.2 Å². The monoisotopic (exact) mass is 511 g/mol. The standard InChI is InChI=1S/C28H35F2N5O2/c1-6-20(4)34-27(19(2)3)28(36)23-15-22(24(29)16-25(23)30)26(33-18-32-21(5)17-31)9-7-8-10-35-11-13-37-14-12-35/h6-10,15-18,28,36H,1,11-14,31H2,2-5H3/b9-7+,10-8+,21-17+,32-18-,33-26+,34-20-. The number of nitrogens with zero attached hydrogens (tertiary/aromatic N) is 4. The molecule has 1 saturated heterocycles. The van der Waals surface area contributed by atoms with Crippen LogP contribution in [0.15, 0.2) is 87.4 Å². The Bertz CT molecular complexity index is 1170. The highest BCUT2D eigenvalue weighted by Gasteiger charge is 2.22. The van der Waals surface area contributed by atoms with Crippen molar-refractivity contribution < 1.29 is 18.6 Å². The van der Waals surface area contributed by atoms with Crippen molar-refractivity contribution in [2.45, 2.75) is 33.8 Å². The lowest BCUT2D eigenvalue weighted by molar-refractivity contribution is 0.0594. The van der Waals surface area contributed by atoms with Crippen molar-refractivity contribution in [3.8, 4) is 0 Å². The molecule has 198 valence electrons. The van der Waals surface area contributed by atoms with E-state index in [1.807, 2.05) is 6.20 Å². The molecule has 1 fully saturated rings. The Morgan fingerprint density at radius 2 is 1.84 bits per heavy atom. The SMILES string of the molecule is C=C/C(C)=N\C(=C(C)C)C(O)c1cc(C(/C=C/C=C/N2CCOCC2)=N/C=N\C(C)=C\N)c(F)cc1F. The first-order valence-corrected chi connectivity index (χ1v) is 11.9. The fraction of sp³-hybridized carbons (Fsp3) is 0.321. The van der Waals surface area contributed by atoms with E-state index in [2.05, 4.69) is 26.5 Å². The molecule has 1 aliphatic heterocycles. The Kier molecular flexibility index (Phi) is 11.8. The topological polar surface area (TPSA) is 95.8 Å². The van der Waals surface area contributed by atoms with Crippen LogP contribution in [-0.4, -0.2) is 54.1 Å². The van der Waals surface area contributed by atoms with Gasteiger partial charge in [-0.05, 0) is 58.2 Å². The van der Waals surface area contributed by atoms with Crippen LogP contribution in [0, 0.1) is 11.6 Å². The number of nitrogens with two attached hydrogens (primary N) is 1. The van der Waals surface area contributed by atoms with Gasteiger partial charge in [0.25, 0.3) is 0 Å². The van der Waals surface area contributed by atoms with Crippen molar-refractivity contribution in [2.75, 3.05) is 26.3 Å². The predicted octanol–water partition coefficient (Wildman–Crippen LogP) is 4.98. The first kappa shape index (κ1) is 29.5. The van der Waals surface area contributed by atoms with Gasteiger partial charge in [0, 0.05) is 42.2 Å². The minimum atomic E-state index is -1.43. The van der Waals surface area contributed by atoms with Crippen LogP contribution in [0.2, 0.25) is 0 Å². The zero-order valence-corrected chi connectivity index (χ0v) is 21.8. The largest absolute Gasteiger partial charge is 0.403 e. The number of halogens is 2. The van der Waals surface area contributed by atoms with Gasteiger partial charge in [-0.2, -0.15) is 0 Å². The molecular formula is C28H35F2N5O2. The van der Waals surface area contributed by atoms with E-state index in [4.69, 9.17) is 10.5 Å². The van der Waals surface area contributed by atoms with E-state index in [0.29, 0.717) is 30.2 Å². The van der Waals surface area contributed by atoms with Gasteiger partial charge in [0.1, 0.15) is 24.1 Å². The third-order valence-corrected chi connectivity index (χ3v) is 5.43. The van der Waals surface area contributed by atoms with Crippen molar-refractivity contribution in [3.63, 3.8) is 0 Å². The smallest absolute Gasteiger partial charge is 0.135 e. The quantitative estimate of drug-likeness (QED) is 0.263. The lowest BCUT2D eigenvalue weighted by Crippen LogP contribution is -2.31. The number of aliphatic hydroxyl groups excluding tert-OH is 1. The fourth-order valence-corrected chi connectivity index (χ4v) is 3.27. The van der Waals surface area contributed by atoms with Crippen LogP contribution < -0.4 is 5.73 Å². The number of allylic oxidation sites excluding steroid dienone is 6. The highest BCUT2D eigenvalue weighted by molar-refractivity contribution is 6.11. The third-order valence-electron chi connectivity index (χ3n) is 5.43. The first-order chi connectivity index (χ1) is 17.7. The number of aliphatic hydroxyl groups is 1. The molecule has 2 rings (SSSR count). The molecule has 0 amide bonds. The number of benzene rings is 1. The van der Waals surface area contributed by atoms with Gasteiger partial charge in [-0.25, -0.2) is 18.8 Å². The molecule has 1 aliphatic rings. The summed E-state index contributed by atoms with van der Waals surface area (Å²) < 4.78 is 35.2. The molecule has 3 N–H and O–H groups in total. The molecule has 0 bridgehead atoms. The summed E-state index contributed by atoms with van der Waals surface area (Å²) in [4.78, 5) is 14.8. The van der Waals surface area contributed by atoms with Crippen LogP contribution in [0.3, 0.4) is 0 Å². The fourth-order valence-electron chi connectivity index (χ4n) is 3.27. The van der Waals surface area contributed by atoms with E-state index in [1.54, 1.807) is 45.9 Å². The van der Waals surface area contributed by atoms with E-state index < -0.39 is 17.7 Å². The maximum Gasteiger partial charge on any atom is 0.135 e. The van der Waals surface area contributed by atoms with Gasteiger partial charge >= 0.3 is 0 Å². The molecule has 1 aromatic carbocycles.